The molecular formula is C11H13BrClNOS. The van der Waals surface area contributed by atoms with E-state index in [1.807, 2.05) is 18.2 Å². The normalized spacial score (nSPS) is 17.8. The Balaban J connectivity index is 2.24. The lowest BCUT2D eigenvalue weighted by Crippen LogP contribution is -2.38. The number of hydrogen-bond donors (Lipinski definition) is 0. The Kier molecular flexibility index (Phi) is 4.27. The van der Waals surface area contributed by atoms with Crippen molar-refractivity contribution >= 4 is 44.0 Å². The maximum absolute atomic E-state index is 11.3. The molecule has 0 atom stereocenters. The van der Waals surface area contributed by atoms with Crippen molar-refractivity contribution in [1.29, 1.82) is 0 Å². The summed E-state index contributed by atoms with van der Waals surface area (Å²) in [6, 6.07) is 5.94. The fourth-order valence-electron chi connectivity index (χ4n) is 1.82. The molecule has 1 heterocycles. The minimum Gasteiger partial charge on any atom is -0.369 e. The van der Waals surface area contributed by atoms with Gasteiger partial charge in [0.1, 0.15) is 0 Å². The second kappa shape index (κ2) is 5.52. The number of benzene rings is 1. The van der Waals surface area contributed by atoms with E-state index in [9.17, 15) is 4.21 Å². The van der Waals surface area contributed by atoms with Gasteiger partial charge in [0.15, 0.2) is 0 Å². The van der Waals surface area contributed by atoms with Crippen LogP contribution in [0, 0.1) is 0 Å². The van der Waals surface area contributed by atoms with Gasteiger partial charge >= 0.3 is 0 Å². The fourth-order valence-corrected chi connectivity index (χ4v) is 3.52. The smallest absolute Gasteiger partial charge is 0.0426 e. The fraction of sp³-hybridized carbons (Fsp3) is 0.455. The zero-order chi connectivity index (χ0) is 11.5. The van der Waals surface area contributed by atoms with Crippen molar-refractivity contribution < 1.29 is 4.21 Å². The van der Waals surface area contributed by atoms with Crippen molar-refractivity contribution in [3.05, 3.63) is 28.8 Å². The summed E-state index contributed by atoms with van der Waals surface area (Å²) in [6.45, 7) is 1.71. The molecule has 16 heavy (non-hydrogen) atoms. The second-order valence-electron chi connectivity index (χ2n) is 3.74. The summed E-state index contributed by atoms with van der Waals surface area (Å²) in [5.41, 5.74) is 2.40. The molecule has 0 aromatic heterocycles. The van der Waals surface area contributed by atoms with Crippen LogP contribution in [0.2, 0.25) is 5.02 Å². The van der Waals surface area contributed by atoms with Gasteiger partial charge in [0.05, 0.1) is 0 Å². The van der Waals surface area contributed by atoms with Crippen LogP contribution in [-0.4, -0.2) is 28.8 Å². The number of anilines is 1. The molecule has 5 heteroatoms. The quantitative estimate of drug-likeness (QED) is 0.780. The summed E-state index contributed by atoms with van der Waals surface area (Å²) in [5.74, 6) is 1.52. The highest BCUT2D eigenvalue weighted by Gasteiger charge is 2.17. The van der Waals surface area contributed by atoms with E-state index in [0.717, 1.165) is 34.9 Å². The highest BCUT2D eigenvalue weighted by molar-refractivity contribution is 9.08. The molecule has 0 unspecified atom stereocenters. The van der Waals surface area contributed by atoms with Crippen LogP contribution in [0.3, 0.4) is 0 Å². The van der Waals surface area contributed by atoms with Crippen LogP contribution in [0.25, 0.3) is 0 Å². The molecule has 0 aliphatic carbocycles. The molecule has 1 aromatic carbocycles. The largest absolute Gasteiger partial charge is 0.369 e. The Labute approximate surface area is 112 Å². The van der Waals surface area contributed by atoms with Crippen molar-refractivity contribution in [2.24, 2.45) is 0 Å². The Morgan fingerprint density at radius 1 is 1.38 bits per heavy atom. The molecule has 1 aromatic rings. The van der Waals surface area contributed by atoms with Crippen LogP contribution in [0.15, 0.2) is 18.2 Å². The van der Waals surface area contributed by atoms with E-state index < -0.39 is 10.8 Å². The van der Waals surface area contributed by atoms with Crippen molar-refractivity contribution in [2.75, 3.05) is 29.5 Å². The van der Waals surface area contributed by atoms with E-state index in [-0.39, 0.29) is 0 Å². The molecule has 2 nitrogen and oxygen atoms in total. The highest BCUT2D eigenvalue weighted by atomic mass is 79.9. The van der Waals surface area contributed by atoms with Gasteiger partial charge in [-0.05, 0) is 17.7 Å². The zero-order valence-electron chi connectivity index (χ0n) is 8.79. The summed E-state index contributed by atoms with van der Waals surface area (Å²) in [5, 5.41) is 1.57. The van der Waals surface area contributed by atoms with Gasteiger partial charge in [-0.25, -0.2) is 0 Å². The van der Waals surface area contributed by atoms with E-state index in [1.165, 1.54) is 11.3 Å². The van der Waals surface area contributed by atoms with Crippen molar-refractivity contribution in [2.45, 2.75) is 5.33 Å². The van der Waals surface area contributed by atoms with E-state index in [4.69, 9.17) is 11.6 Å². The van der Waals surface area contributed by atoms with Crippen molar-refractivity contribution in [3.63, 3.8) is 0 Å². The minimum absolute atomic E-state index is 0.635. The second-order valence-corrected chi connectivity index (χ2v) is 6.44. The first-order chi connectivity index (χ1) is 7.70. The average molecular weight is 323 g/mol. The maximum Gasteiger partial charge on any atom is 0.0426 e. The SMILES string of the molecule is O=S1CCN(c2cc(Cl)ccc2CBr)CC1. The van der Waals surface area contributed by atoms with Gasteiger partial charge in [-0.15, -0.1) is 0 Å². The number of nitrogens with zero attached hydrogens (tertiary/aromatic N) is 1. The lowest BCUT2D eigenvalue weighted by atomic mass is 10.2. The molecule has 0 spiro atoms. The van der Waals surface area contributed by atoms with E-state index in [2.05, 4.69) is 20.8 Å². The van der Waals surface area contributed by atoms with Crippen molar-refractivity contribution in [1.82, 2.24) is 0 Å². The Morgan fingerprint density at radius 2 is 2.06 bits per heavy atom. The maximum atomic E-state index is 11.3. The molecule has 1 aliphatic rings. The van der Waals surface area contributed by atoms with Crippen LogP contribution in [0.4, 0.5) is 5.69 Å². The molecule has 1 aliphatic heterocycles. The molecule has 1 fully saturated rings. The van der Waals surface area contributed by atoms with Gasteiger partial charge in [0, 0.05) is 51.4 Å². The predicted molar refractivity (Wildman–Crippen MR) is 74.2 cm³/mol. The summed E-state index contributed by atoms with van der Waals surface area (Å²) in [7, 11) is -0.635. The molecule has 1 saturated heterocycles. The highest BCUT2D eigenvalue weighted by Crippen LogP contribution is 2.27. The number of rotatable bonds is 2. The third-order valence-corrected chi connectivity index (χ3v) is 4.82. The van der Waals surface area contributed by atoms with E-state index in [1.54, 1.807) is 0 Å². The first-order valence-corrected chi connectivity index (χ1v) is 8.14. The summed E-state index contributed by atoms with van der Waals surface area (Å²) in [4.78, 5) is 2.27. The van der Waals surface area contributed by atoms with E-state index in [0.29, 0.717) is 0 Å². The van der Waals surface area contributed by atoms with Crippen LogP contribution < -0.4 is 4.90 Å². The zero-order valence-corrected chi connectivity index (χ0v) is 11.9. The monoisotopic (exact) mass is 321 g/mol. The standard InChI is InChI=1S/C11H13BrClNOS/c12-8-9-1-2-10(13)7-11(9)14-3-5-16(15)6-4-14/h1-2,7H,3-6,8H2. The summed E-state index contributed by atoms with van der Waals surface area (Å²) >= 11 is 9.50. The third-order valence-electron chi connectivity index (χ3n) is 2.71. The van der Waals surface area contributed by atoms with Crippen LogP contribution in [-0.2, 0) is 16.1 Å². The van der Waals surface area contributed by atoms with Gasteiger partial charge in [0.25, 0.3) is 0 Å². The summed E-state index contributed by atoms with van der Waals surface area (Å²) < 4.78 is 11.3. The Morgan fingerprint density at radius 3 is 2.69 bits per heavy atom. The summed E-state index contributed by atoms with van der Waals surface area (Å²) in [6.07, 6.45) is 0. The third kappa shape index (κ3) is 2.79. The number of halogens is 2. The molecule has 0 N–H and O–H groups in total. The molecule has 0 bridgehead atoms. The number of hydrogen-bond acceptors (Lipinski definition) is 2. The lowest BCUT2D eigenvalue weighted by Gasteiger charge is -2.30. The topological polar surface area (TPSA) is 20.3 Å². The van der Waals surface area contributed by atoms with E-state index >= 15 is 0 Å². The minimum atomic E-state index is -0.635. The number of alkyl halides is 1. The Bertz CT molecular complexity index is 403. The molecule has 2 rings (SSSR count). The predicted octanol–water partition coefficient (Wildman–Crippen LogP) is 2.80. The first kappa shape index (κ1) is 12.4. The first-order valence-electron chi connectivity index (χ1n) is 5.15. The van der Waals surface area contributed by atoms with Crippen LogP contribution in [0.5, 0.6) is 0 Å². The molecule has 0 amide bonds. The van der Waals surface area contributed by atoms with Gasteiger partial charge < -0.3 is 4.90 Å². The lowest BCUT2D eigenvalue weighted by molar-refractivity contribution is 0.673. The molecule has 0 radical (unpaired) electrons. The van der Waals surface area contributed by atoms with Crippen LogP contribution >= 0.6 is 27.5 Å². The molecule has 88 valence electrons. The van der Waals surface area contributed by atoms with Crippen LogP contribution in [0.1, 0.15) is 5.56 Å². The molecule has 0 saturated carbocycles. The van der Waals surface area contributed by atoms with Gasteiger partial charge in [-0.1, -0.05) is 33.6 Å². The average Bonchev–Trinajstić information content (AvgIpc) is 2.30. The van der Waals surface area contributed by atoms with Gasteiger partial charge in [0.2, 0.25) is 0 Å². The molecular weight excluding hydrogens is 310 g/mol. The van der Waals surface area contributed by atoms with Crippen molar-refractivity contribution in [3.8, 4) is 0 Å². The van der Waals surface area contributed by atoms with Gasteiger partial charge in [-0.2, -0.15) is 0 Å². The van der Waals surface area contributed by atoms with Gasteiger partial charge in [-0.3, -0.25) is 4.21 Å². The Hall–Kier alpha value is -0.0600.